The predicted molar refractivity (Wildman–Crippen MR) is 95.9 cm³/mol. The molecule has 10 heteroatoms. The Morgan fingerprint density at radius 1 is 1.10 bits per heavy atom. The molecular formula is C19H22F2N4O4. The second kappa shape index (κ2) is 7.58. The van der Waals surface area contributed by atoms with E-state index in [0.29, 0.717) is 19.4 Å². The smallest absolute Gasteiger partial charge is 0.309 e. The summed E-state index contributed by atoms with van der Waals surface area (Å²) in [7, 11) is 0. The number of carbonyl (C=O) groups excluding carboxylic acids is 3. The highest BCUT2D eigenvalue weighted by Crippen LogP contribution is 2.42. The summed E-state index contributed by atoms with van der Waals surface area (Å²) in [5, 5.41) is 1.31. The fourth-order valence-electron chi connectivity index (χ4n) is 3.94. The van der Waals surface area contributed by atoms with Crippen molar-refractivity contribution in [3.8, 4) is 0 Å². The molecule has 0 radical (unpaired) electrons. The molecule has 0 spiro atoms. The number of carbonyl (C=O) groups is 3. The Hall–Kier alpha value is -2.75. The highest BCUT2D eigenvalue weighted by Gasteiger charge is 2.50. The maximum Gasteiger partial charge on any atom is 0.345 e. The van der Waals surface area contributed by atoms with Gasteiger partial charge in [0.15, 0.2) is 0 Å². The lowest BCUT2D eigenvalue weighted by atomic mass is 9.81. The number of hydrazine groups is 1. The molecule has 4 rings (SSSR count). The minimum Gasteiger partial charge on any atom is -0.309 e. The number of piperidine rings is 1. The first kappa shape index (κ1) is 19.6. The summed E-state index contributed by atoms with van der Waals surface area (Å²) >= 11 is 0. The van der Waals surface area contributed by atoms with E-state index in [4.69, 9.17) is 4.84 Å². The zero-order valence-corrected chi connectivity index (χ0v) is 15.6. The molecule has 1 aromatic rings. The number of nitrogens with one attached hydrogen (secondary N) is 2. The Kier molecular flexibility index (Phi) is 5.12. The largest absolute Gasteiger partial charge is 0.345 e. The van der Waals surface area contributed by atoms with Crippen LogP contribution in [0.3, 0.4) is 0 Å². The Morgan fingerprint density at radius 2 is 1.79 bits per heavy atom. The lowest BCUT2D eigenvalue weighted by Gasteiger charge is -2.34. The number of rotatable bonds is 5. The number of nitrogens with zero attached hydrogens (tertiary/aromatic N) is 2. The molecule has 1 aliphatic carbocycles. The first-order chi connectivity index (χ1) is 13.8. The van der Waals surface area contributed by atoms with E-state index in [-0.39, 0.29) is 12.6 Å². The average Bonchev–Trinajstić information content (AvgIpc) is 2.93. The number of fused-ring (bicyclic) bond motifs is 2. The molecule has 0 unspecified atom stereocenters. The molecule has 1 aromatic carbocycles. The lowest BCUT2D eigenvalue weighted by molar-refractivity contribution is -0.152. The topological polar surface area (TPSA) is 91.0 Å². The van der Waals surface area contributed by atoms with Crippen LogP contribution in [0.2, 0.25) is 0 Å². The quantitative estimate of drug-likeness (QED) is 0.724. The number of hydroxylamine groups is 2. The van der Waals surface area contributed by atoms with Crippen molar-refractivity contribution in [2.75, 3.05) is 6.54 Å². The van der Waals surface area contributed by atoms with Crippen LogP contribution in [-0.4, -0.2) is 52.4 Å². The van der Waals surface area contributed by atoms with Crippen LogP contribution in [0.15, 0.2) is 30.3 Å². The molecule has 2 saturated heterocycles. The lowest BCUT2D eigenvalue weighted by Crippen LogP contribution is -2.56. The van der Waals surface area contributed by atoms with Crippen molar-refractivity contribution >= 4 is 17.8 Å². The third-order valence-electron chi connectivity index (χ3n) is 5.61. The summed E-state index contributed by atoms with van der Waals surface area (Å²) in [6.07, 6.45) is -0.0288. The monoisotopic (exact) mass is 408 g/mol. The van der Waals surface area contributed by atoms with E-state index in [1.54, 1.807) is 0 Å². The highest BCUT2D eigenvalue weighted by molar-refractivity contribution is 5.90. The number of hydrogen-bond acceptors (Lipinski definition) is 4. The van der Waals surface area contributed by atoms with Gasteiger partial charge in [0.05, 0.1) is 12.0 Å². The molecule has 3 fully saturated rings. The van der Waals surface area contributed by atoms with Crippen molar-refractivity contribution in [3.63, 3.8) is 0 Å². The highest BCUT2D eigenvalue weighted by atomic mass is 19.3. The average molecular weight is 408 g/mol. The van der Waals surface area contributed by atoms with E-state index < -0.39 is 48.6 Å². The molecule has 2 heterocycles. The zero-order valence-electron chi connectivity index (χ0n) is 15.6. The first-order valence-corrected chi connectivity index (χ1v) is 9.58. The first-order valence-electron chi connectivity index (χ1n) is 9.58. The summed E-state index contributed by atoms with van der Waals surface area (Å²) in [5.74, 6) is -4.80. The zero-order chi connectivity index (χ0) is 20.6. The van der Waals surface area contributed by atoms with E-state index in [1.807, 2.05) is 30.3 Å². The summed E-state index contributed by atoms with van der Waals surface area (Å²) in [4.78, 5) is 44.1. The standard InChI is InChI=1S/C19H22F2N4O4/c20-19(21)8-13(9-19)16(26)22-23-17(27)15-7-6-14-10-24(15)18(28)25(14)29-11-12-4-2-1-3-5-12/h1-5,13-15H,6-11H2,(H,22,26)(H,23,27)/t14-,15+/m1/s1. The second-order valence-electron chi connectivity index (χ2n) is 7.71. The number of urea groups is 1. The van der Waals surface area contributed by atoms with E-state index in [9.17, 15) is 23.2 Å². The van der Waals surface area contributed by atoms with E-state index in [1.165, 1.54) is 9.96 Å². The molecule has 2 bridgehead atoms. The fraction of sp³-hybridized carbons (Fsp3) is 0.526. The van der Waals surface area contributed by atoms with Gasteiger partial charge in [-0.25, -0.2) is 13.6 Å². The van der Waals surface area contributed by atoms with E-state index >= 15 is 0 Å². The summed E-state index contributed by atoms with van der Waals surface area (Å²) < 4.78 is 25.7. The van der Waals surface area contributed by atoms with Gasteiger partial charge in [-0.05, 0) is 18.4 Å². The molecule has 2 aliphatic heterocycles. The van der Waals surface area contributed by atoms with Crippen LogP contribution in [0.4, 0.5) is 13.6 Å². The van der Waals surface area contributed by atoms with Gasteiger partial charge in [0.2, 0.25) is 11.8 Å². The van der Waals surface area contributed by atoms with Gasteiger partial charge >= 0.3 is 6.03 Å². The molecular weight excluding hydrogens is 386 g/mol. The van der Waals surface area contributed by atoms with Gasteiger partial charge in [-0.2, -0.15) is 5.06 Å². The van der Waals surface area contributed by atoms with Gasteiger partial charge in [-0.15, -0.1) is 0 Å². The normalized spacial score (nSPS) is 25.5. The van der Waals surface area contributed by atoms with Gasteiger partial charge in [0.25, 0.3) is 5.91 Å². The maximum atomic E-state index is 12.9. The summed E-state index contributed by atoms with van der Waals surface area (Å²) in [6, 6.07) is 8.16. The molecule has 2 N–H and O–H groups in total. The van der Waals surface area contributed by atoms with Gasteiger partial charge in [-0.1, -0.05) is 30.3 Å². The van der Waals surface area contributed by atoms with E-state index in [0.717, 1.165) is 5.56 Å². The Labute approximate surface area is 166 Å². The molecule has 3 aliphatic rings. The maximum absolute atomic E-state index is 12.9. The number of amides is 4. The molecule has 29 heavy (non-hydrogen) atoms. The van der Waals surface area contributed by atoms with Gasteiger partial charge in [0.1, 0.15) is 12.6 Å². The van der Waals surface area contributed by atoms with Crippen LogP contribution < -0.4 is 10.9 Å². The molecule has 4 amide bonds. The van der Waals surface area contributed by atoms with Crippen LogP contribution in [-0.2, 0) is 21.0 Å². The van der Waals surface area contributed by atoms with E-state index in [2.05, 4.69) is 10.9 Å². The summed E-state index contributed by atoms with van der Waals surface area (Å²) in [5.41, 5.74) is 5.39. The van der Waals surface area contributed by atoms with Crippen LogP contribution in [0.5, 0.6) is 0 Å². The van der Waals surface area contributed by atoms with Crippen molar-refractivity contribution in [1.82, 2.24) is 20.8 Å². The number of alkyl halides is 2. The Bertz CT molecular complexity index is 799. The van der Waals surface area contributed by atoms with Crippen molar-refractivity contribution in [1.29, 1.82) is 0 Å². The molecule has 8 nitrogen and oxygen atoms in total. The minimum absolute atomic E-state index is 0.137. The van der Waals surface area contributed by atoms with Crippen LogP contribution in [0.25, 0.3) is 0 Å². The molecule has 1 saturated carbocycles. The molecule has 2 atom stereocenters. The molecule has 0 aromatic heterocycles. The van der Waals surface area contributed by atoms with Crippen LogP contribution in [0, 0.1) is 5.92 Å². The minimum atomic E-state index is -2.81. The van der Waals surface area contributed by atoms with Crippen molar-refractivity contribution in [3.05, 3.63) is 35.9 Å². The molecule has 156 valence electrons. The van der Waals surface area contributed by atoms with Gasteiger partial charge < -0.3 is 4.90 Å². The predicted octanol–water partition coefficient (Wildman–Crippen LogP) is 1.58. The number of benzene rings is 1. The van der Waals surface area contributed by atoms with Crippen molar-refractivity contribution in [2.24, 2.45) is 5.92 Å². The second-order valence-corrected chi connectivity index (χ2v) is 7.71. The summed E-state index contributed by atoms with van der Waals surface area (Å²) in [6.45, 7) is 0.602. The van der Waals surface area contributed by atoms with Crippen LogP contribution in [0.1, 0.15) is 31.2 Å². The van der Waals surface area contributed by atoms with Gasteiger partial charge in [0, 0.05) is 19.4 Å². The third-order valence-corrected chi connectivity index (χ3v) is 5.61. The van der Waals surface area contributed by atoms with Crippen molar-refractivity contribution < 1.29 is 28.0 Å². The van der Waals surface area contributed by atoms with Crippen molar-refractivity contribution in [2.45, 2.75) is 50.3 Å². The SMILES string of the molecule is O=C(NNC(=O)[C@@H]1CC[C@@H]2CN1C(=O)N2OCc1ccccc1)C1CC(F)(F)C1. The fourth-order valence-corrected chi connectivity index (χ4v) is 3.94. The number of halogens is 2. The Balaban J connectivity index is 1.29. The Morgan fingerprint density at radius 3 is 2.48 bits per heavy atom. The van der Waals surface area contributed by atoms with Gasteiger partial charge in [-0.3, -0.25) is 25.3 Å². The third kappa shape index (κ3) is 4.02. The number of hydrogen-bond donors (Lipinski definition) is 2. The van der Waals surface area contributed by atoms with Crippen LogP contribution >= 0.6 is 0 Å².